The molecule has 128 valence electrons. The summed E-state index contributed by atoms with van der Waals surface area (Å²) < 4.78 is 26.9. The Kier molecular flexibility index (Phi) is 5.25. The molecular weight excluding hydrogens is 344 g/mol. The van der Waals surface area contributed by atoms with Gasteiger partial charge in [0.1, 0.15) is 6.54 Å². The number of piperazine rings is 1. The highest BCUT2D eigenvalue weighted by atomic mass is 35.5. The average molecular weight is 366 g/mol. The van der Waals surface area contributed by atoms with Crippen LogP contribution in [-0.4, -0.2) is 38.9 Å². The Balaban J connectivity index is 1.62. The Labute approximate surface area is 148 Å². The van der Waals surface area contributed by atoms with Gasteiger partial charge in [-0.05, 0) is 31.2 Å². The molecule has 1 heterocycles. The fourth-order valence-electron chi connectivity index (χ4n) is 2.97. The summed E-state index contributed by atoms with van der Waals surface area (Å²) >= 11 is 5.84. The molecule has 2 aromatic carbocycles. The maximum atomic E-state index is 12.7. The number of sulfonamides is 1. The summed E-state index contributed by atoms with van der Waals surface area (Å²) in [5, 5.41) is 0.543. The van der Waals surface area contributed by atoms with Crippen LogP contribution in [-0.2, 0) is 16.6 Å². The standard InChI is InChI=1S/C18H21ClN2O2S/c1-15-2-4-16(5-3-15)14-20-10-12-21(13-11-20)24(22,23)18-8-6-17(19)7-9-18/h2-9H,10-14H2,1H3/p+1. The molecule has 0 bridgehead atoms. The van der Waals surface area contributed by atoms with Gasteiger partial charge in [0.15, 0.2) is 0 Å². The third-order valence-corrected chi connectivity index (χ3v) is 6.62. The number of halogens is 1. The highest BCUT2D eigenvalue weighted by molar-refractivity contribution is 7.89. The highest BCUT2D eigenvalue weighted by Gasteiger charge is 2.30. The summed E-state index contributed by atoms with van der Waals surface area (Å²) in [6.45, 7) is 5.76. The second kappa shape index (κ2) is 7.23. The van der Waals surface area contributed by atoms with Gasteiger partial charge >= 0.3 is 0 Å². The van der Waals surface area contributed by atoms with Gasteiger partial charge in [-0.2, -0.15) is 4.31 Å². The summed E-state index contributed by atoms with van der Waals surface area (Å²) in [4.78, 5) is 1.73. The van der Waals surface area contributed by atoms with Crippen molar-refractivity contribution >= 4 is 21.6 Å². The summed E-state index contributed by atoms with van der Waals surface area (Å²) in [6.07, 6.45) is 0. The zero-order valence-electron chi connectivity index (χ0n) is 13.7. The Hall–Kier alpha value is -1.40. The van der Waals surface area contributed by atoms with E-state index in [1.165, 1.54) is 16.0 Å². The first-order valence-corrected chi connectivity index (χ1v) is 9.92. The van der Waals surface area contributed by atoms with Crippen LogP contribution in [0.1, 0.15) is 11.1 Å². The van der Waals surface area contributed by atoms with Crippen LogP contribution in [0.5, 0.6) is 0 Å². The van der Waals surface area contributed by atoms with Crippen LogP contribution in [0.3, 0.4) is 0 Å². The third-order valence-electron chi connectivity index (χ3n) is 4.46. The molecule has 4 nitrogen and oxygen atoms in total. The monoisotopic (exact) mass is 365 g/mol. The van der Waals surface area contributed by atoms with Gasteiger partial charge in [0.2, 0.25) is 10.0 Å². The molecule has 1 saturated heterocycles. The predicted molar refractivity (Wildman–Crippen MR) is 95.8 cm³/mol. The topological polar surface area (TPSA) is 41.8 Å². The van der Waals surface area contributed by atoms with Gasteiger partial charge < -0.3 is 4.90 Å². The highest BCUT2D eigenvalue weighted by Crippen LogP contribution is 2.18. The maximum absolute atomic E-state index is 12.7. The van der Waals surface area contributed by atoms with Gasteiger partial charge in [0.25, 0.3) is 0 Å². The number of benzene rings is 2. The van der Waals surface area contributed by atoms with E-state index in [-0.39, 0.29) is 0 Å². The Morgan fingerprint density at radius 1 is 1.00 bits per heavy atom. The molecule has 1 fully saturated rings. The molecule has 0 spiro atoms. The number of nitrogens with zero attached hydrogens (tertiary/aromatic N) is 1. The van der Waals surface area contributed by atoms with E-state index in [0.29, 0.717) is 23.0 Å². The van der Waals surface area contributed by atoms with Crippen molar-refractivity contribution < 1.29 is 13.3 Å². The minimum atomic E-state index is -3.42. The van der Waals surface area contributed by atoms with Crippen molar-refractivity contribution in [1.29, 1.82) is 0 Å². The van der Waals surface area contributed by atoms with Gasteiger partial charge in [-0.25, -0.2) is 8.42 Å². The molecule has 0 saturated carbocycles. The third kappa shape index (κ3) is 3.98. The number of aryl methyl sites for hydroxylation is 1. The van der Waals surface area contributed by atoms with Gasteiger partial charge in [-0.3, -0.25) is 0 Å². The van der Waals surface area contributed by atoms with Crippen LogP contribution in [0.25, 0.3) is 0 Å². The van der Waals surface area contributed by atoms with Crippen LogP contribution in [0.4, 0.5) is 0 Å². The van der Waals surface area contributed by atoms with Gasteiger partial charge in [0.05, 0.1) is 31.1 Å². The van der Waals surface area contributed by atoms with E-state index in [4.69, 9.17) is 11.6 Å². The fraction of sp³-hybridized carbons (Fsp3) is 0.333. The normalized spacial score (nSPS) is 17.1. The zero-order chi connectivity index (χ0) is 17.2. The average Bonchev–Trinajstić information content (AvgIpc) is 2.58. The lowest BCUT2D eigenvalue weighted by atomic mass is 10.1. The Bertz CT molecular complexity index is 781. The molecule has 0 amide bonds. The minimum absolute atomic E-state index is 0.314. The van der Waals surface area contributed by atoms with Crippen LogP contribution in [0, 0.1) is 6.92 Å². The molecule has 6 heteroatoms. The molecule has 24 heavy (non-hydrogen) atoms. The number of hydrogen-bond donors (Lipinski definition) is 1. The van der Waals surface area contributed by atoms with Crippen molar-refractivity contribution in [1.82, 2.24) is 4.31 Å². The summed E-state index contributed by atoms with van der Waals surface area (Å²) in [5.74, 6) is 0. The molecule has 0 aromatic heterocycles. The van der Waals surface area contributed by atoms with E-state index in [0.717, 1.165) is 19.6 Å². The molecule has 1 aliphatic rings. The summed E-state index contributed by atoms with van der Waals surface area (Å²) in [7, 11) is -3.42. The minimum Gasteiger partial charge on any atom is -0.329 e. The van der Waals surface area contributed by atoms with E-state index in [1.807, 2.05) is 0 Å². The van der Waals surface area contributed by atoms with Crippen LogP contribution < -0.4 is 4.90 Å². The van der Waals surface area contributed by atoms with Crippen molar-refractivity contribution in [2.75, 3.05) is 26.2 Å². The van der Waals surface area contributed by atoms with Crippen molar-refractivity contribution in [3.8, 4) is 0 Å². The summed E-state index contributed by atoms with van der Waals surface area (Å²) in [5.41, 5.74) is 2.55. The van der Waals surface area contributed by atoms with E-state index in [2.05, 4.69) is 31.2 Å². The lowest BCUT2D eigenvalue weighted by molar-refractivity contribution is -0.917. The molecular formula is C18H22ClN2O2S+. The van der Waals surface area contributed by atoms with Crippen LogP contribution in [0.2, 0.25) is 5.02 Å². The van der Waals surface area contributed by atoms with Crippen molar-refractivity contribution in [2.45, 2.75) is 18.4 Å². The molecule has 0 atom stereocenters. The molecule has 0 unspecified atom stereocenters. The first-order valence-electron chi connectivity index (χ1n) is 8.10. The number of rotatable bonds is 4. The number of nitrogens with one attached hydrogen (secondary N) is 1. The van der Waals surface area contributed by atoms with Gasteiger partial charge in [0, 0.05) is 10.6 Å². The molecule has 0 radical (unpaired) electrons. The lowest BCUT2D eigenvalue weighted by Gasteiger charge is -2.31. The van der Waals surface area contributed by atoms with Crippen LogP contribution >= 0.6 is 11.6 Å². The molecule has 1 aliphatic heterocycles. The summed E-state index contributed by atoms with van der Waals surface area (Å²) in [6, 6.07) is 14.9. The van der Waals surface area contributed by atoms with Crippen molar-refractivity contribution in [3.63, 3.8) is 0 Å². The van der Waals surface area contributed by atoms with Crippen LogP contribution in [0.15, 0.2) is 53.4 Å². The quantitative estimate of drug-likeness (QED) is 0.896. The lowest BCUT2D eigenvalue weighted by Crippen LogP contribution is -3.13. The largest absolute Gasteiger partial charge is 0.329 e. The predicted octanol–water partition coefficient (Wildman–Crippen LogP) is 1.74. The molecule has 1 N–H and O–H groups in total. The Morgan fingerprint density at radius 2 is 1.58 bits per heavy atom. The van der Waals surface area contributed by atoms with Gasteiger partial charge in [-0.15, -0.1) is 0 Å². The zero-order valence-corrected chi connectivity index (χ0v) is 15.3. The molecule has 0 aliphatic carbocycles. The number of quaternary nitrogens is 1. The fourth-order valence-corrected chi connectivity index (χ4v) is 4.54. The molecule has 2 aromatic rings. The van der Waals surface area contributed by atoms with E-state index >= 15 is 0 Å². The maximum Gasteiger partial charge on any atom is 0.243 e. The van der Waals surface area contributed by atoms with Crippen molar-refractivity contribution in [2.24, 2.45) is 0 Å². The first-order chi connectivity index (χ1) is 11.4. The molecule has 3 rings (SSSR count). The first kappa shape index (κ1) is 17.4. The Morgan fingerprint density at radius 3 is 2.17 bits per heavy atom. The van der Waals surface area contributed by atoms with E-state index in [9.17, 15) is 8.42 Å². The van der Waals surface area contributed by atoms with Gasteiger partial charge in [-0.1, -0.05) is 41.4 Å². The van der Waals surface area contributed by atoms with Crippen molar-refractivity contribution in [3.05, 3.63) is 64.7 Å². The van der Waals surface area contributed by atoms with E-state index < -0.39 is 10.0 Å². The second-order valence-electron chi connectivity index (χ2n) is 6.27. The second-order valence-corrected chi connectivity index (χ2v) is 8.64. The SMILES string of the molecule is Cc1ccc(C[NH+]2CCN(S(=O)(=O)c3ccc(Cl)cc3)CC2)cc1. The van der Waals surface area contributed by atoms with E-state index in [1.54, 1.807) is 28.6 Å². The smallest absolute Gasteiger partial charge is 0.243 e. The number of hydrogen-bond acceptors (Lipinski definition) is 2.